The first-order chi connectivity index (χ1) is 8.72. The predicted molar refractivity (Wildman–Crippen MR) is 74.4 cm³/mol. The van der Waals surface area contributed by atoms with Crippen LogP contribution in [-0.2, 0) is 0 Å². The van der Waals surface area contributed by atoms with Gasteiger partial charge in [-0.25, -0.2) is 9.97 Å². The molecule has 0 aliphatic heterocycles. The van der Waals surface area contributed by atoms with Gasteiger partial charge in [0, 0.05) is 11.6 Å². The lowest BCUT2D eigenvalue weighted by Crippen LogP contribution is -1.96. The van der Waals surface area contributed by atoms with Crippen molar-refractivity contribution in [3.05, 3.63) is 53.7 Å². The van der Waals surface area contributed by atoms with Gasteiger partial charge >= 0.3 is 0 Å². The Morgan fingerprint density at radius 3 is 2.44 bits per heavy atom. The molecule has 1 heterocycles. The highest BCUT2D eigenvalue weighted by Gasteiger charge is 2.04. The number of nitrogen functional groups attached to an aromatic ring is 1. The number of benzene rings is 2. The Bertz CT molecular complexity index is 705. The molecule has 3 nitrogen and oxygen atoms in total. The van der Waals surface area contributed by atoms with Crippen LogP contribution >= 0.6 is 11.6 Å². The van der Waals surface area contributed by atoms with Crippen molar-refractivity contribution in [3.8, 4) is 11.3 Å². The fraction of sp³-hybridized carbons (Fsp3) is 0. The van der Waals surface area contributed by atoms with Gasteiger partial charge in [0.05, 0.1) is 5.69 Å². The highest BCUT2D eigenvalue weighted by atomic mass is 35.5. The van der Waals surface area contributed by atoms with E-state index in [4.69, 9.17) is 17.3 Å². The maximum absolute atomic E-state index is 5.89. The molecule has 1 aromatic heterocycles. The second-order valence-corrected chi connectivity index (χ2v) is 4.38. The molecule has 0 aliphatic carbocycles. The molecule has 0 atom stereocenters. The average Bonchev–Trinajstić information content (AvgIpc) is 2.37. The Kier molecular flexibility index (Phi) is 2.61. The number of halogens is 1. The molecule has 4 heteroatoms. The summed E-state index contributed by atoms with van der Waals surface area (Å²) in [7, 11) is 0. The lowest BCUT2D eigenvalue weighted by Gasteiger charge is -2.04. The largest absolute Gasteiger partial charge is 0.368 e. The van der Waals surface area contributed by atoms with Crippen LogP contribution in [0.5, 0.6) is 0 Å². The summed E-state index contributed by atoms with van der Waals surface area (Å²) >= 11 is 5.89. The fourth-order valence-electron chi connectivity index (χ4n) is 1.93. The maximum Gasteiger partial charge on any atom is 0.221 e. The molecule has 88 valence electrons. The summed E-state index contributed by atoms with van der Waals surface area (Å²) in [5, 5.41) is 2.70. The van der Waals surface area contributed by atoms with E-state index in [1.807, 2.05) is 18.2 Å². The third-order valence-corrected chi connectivity index (χ3v) is 2.95. The van der Waals surface area contributed by atoms with E-state index in [-0.39, 0.29) is 5.95 Å². The van der Waals surface area contributed by atoms with E-state index in [9.17, 15) is 0 Å². The van der Waals surface area contributed by atoms with Gasteiger partial charge in [-0.1, -0.05) is 48.0 Å². The van der Waals surface area contributed by atoms with Crippen molar-refractivity contribution in [3.63, 3.8) is 0 Å². The molecule has 0 fully saturated rings. The monoisotopic (exact) mass is 255 g/mol. The molecule has 0 radical (unpaired) electrons. The third kappa shape index (κ3) is 2.00. The van der Waals surface area contributed by atoms with Crippen molar-refractivity contribution in [2.75, 3.05) is 5.73 Å². The van der Waals surface area contributed by atoms with E-state index in [0.29, 0.717) is 5.15 Å². The van der Waals surface area contributed by atoms with Gasteiger partial charge in [-0.15, -0.1) is 0 Å². The van der Waals surface area contributed by atoms with Crippen molar-refractivity contribution < 1.29 is 0 Å². The normalized spacial score (nSPS) is 10.7. The van der Waals surface area contributed by atoms with Gasteiger partial charge in [0.15, 0.2) is 0 Å². The summed E-state index contributed by atoms with van der Waals surface area (Å²) in [5.74, 6) is 0.186. The van der Waals surface area contributed by atoms with Crippen LogP contribution in [0.1, 0.15) is 0 Å². The van der Waals surface area contributed by atoms with E-state index in [0.717, 1.165) is 16.6 Å². The Labute approximate surface area is 109 Å². The Morgan fingerprint density at radius 2 is 1.67 bits per heavy atom. The van der Waals surface area contributed by atoms with Crippen molar-refractivity contribution in [2.45, 2.75) is 0 Å². The SMILES string of the molecule is Nc1nc(Cl)cc(-c2ccc3ccccc3c2)n1. The summed E-state index contributed by atoms with van der Waals surface area (Å²) in [6.07, 6.45) is 0. The third-order valence-electron chi connectivity index (χ3n) is 2.76. The molecule has 0 spiro atoms. The number of rotatable bonds is 1. The summed E-state index contributed by atoms with van der Waals surface area (Å²) in [6.45, 7) is 0. The zero-order valence-corrected chi connectivity index (χ0v) is 10.2. The first-order valence-electron chi connectivity index (χ1n) is 5.51. The molecule has 0 unspecified atom stereocenters. The van der Waals surface area contributed by atoms with Crippen molar-refractivity contribution in [1.82, 2.24) is 9.97 Å². The first-order valence-corrected chi connectivity index (χ1v) is 5.89. The second kappa shape index (κ2) is 4.27. The van der Waals surface area contributed by atoms with Gasteiger partial charge < -0.3 is 5.73 Å². The Balaban J connectivity index is 2.19. The summed E-state index contributed by atoms with van der Waals surface area (Å²) < 4.78 is 0. The molecular formula is C14H10ClN3. The molecular weight excluding hydrogens is 246 g/mol. The number of hydrogen-bond acceptors (Lipinski definition) is 3. The topological polar surface area (TPSA) is 51.8 Å². The maximum atomic E-state index is 5.89. The van der Waals surface area contributed by atoms with Crippen LogP contribution < -0.4 is 5.73 Å². The first kappa shape index (κ1) is 11.0. The number of anilines is 1. The van der Waals surface area contributed by atoms with Gasteiger partial charge in [-0.2, -0.15) is 0 Å². The number of aromatic nitrogens is 2. The van der Waals surface area contributed by atoms with Crippen LogP contribution in [0.15, 0.2) is 48.5 Å². The molecule has 2 N–H and O–H groups in total. The van der Waals surface area contributed by atoms with Gasteiger partial charge in [-0.3, -0.25) is 0 Å². The van der Waals surface area contributed by atoms with Gasteiger partial charge in [-0.05, 0) is 16.8 Å². The molecule has 18 heavy (non-hydrogen) atoms. The zero-order chi connectivity index (χ0) is 12.5. The minimum atomic E-state index is 0.186. The predicted octanol–water partition coefficient (Wildman–Crippen LogP) is 3.53. The molecule has 3 aromatic rings. The number of hydrogen-bond donors (Lipinski definition) is 1. The number of fused-ring (bicyclic) bond motifs is 1. The Hall–Kier alpha value is -2.13. The van der Waals surface area contributed by atoms with Gasteiger partial charge in [0.2, 0.25) is 5.95 Å². The van der Waals surface area contributed by atoms with Crippen LogP contribution in [0.25, 0.3) is 22.0 Å². The van der Waals surface area contributed by atoms with Crippen LogP contribution in [0.2, 0.25) is 5.15 Å². The quantitative estimate of drug-likeness (QED) is 0.677. The molecule has 2 aromatic carbocycles. The molecule has 0 saturated heterocycles. The molecule has 0 saturated carbocycles. The lowest BCUT2D eigenvalue weighted by atomic mass is 10.1. The van der Waals surface area contributed by atoms with Crippen molar-refractivity contribution in [2.24, 2.45) is 0 Å². The van der Waals surface area contributed by atoms with Crippen LogP contribution in [0, 0.1) is 0 Å². The van der Waals surface area contributed by atoms with Crippen LogP contribution in [0.3, 0.4) is 0 Å². The molecule has 0 amide bonds. The van der Waals surface area contributed by atoms with Gasteiger partial charge in [0.25, 0.3) is 0 Å². The van der Waals surface area contributed by atoms with E-state index in [1.165, 1.54) is 5.39 Å². The van der Waals surface area contributed by atoms with E-state index in [2.05, 4.69) is 34.2 Å². The lowest BCUT2D eigenvalue weighted by molar-refractivity contribution is 1.19. The zero-order valence-electron chi connectivity index (χ0n) is 9.47. The summed E-state index contributed by atoms with van der Waals surface area (Å²) in [5.41, 5.74) is 7.31. The molecule has 3 rings (SSSR count). The highest BCUT2D eigenvalue weighted by molar-refractivity contribution is 6.29. The van der Waals surface area contributed by atoms with Crippen LogP contribution in [0.4, 0.5) is 5.95 Å². The Morgan fingerprint density at radius 1 is 0.889 bits per heavy atom. The van der Waals surface area contributed by atoms with Crippen LogP contribution in [-0.4, -0.2) is 9.97 Å². The summed E-state index contributed by atoms with van der Waals surface area (Å²) in [4.78, 5) is 8.05. The number of nitrogens with two attached hydrogens (primary N) is 1. The van der Waals surface area contributed by atoms with E-state index < -0.39 is 0 Å². The number of nitrogens with zero attached hydrogens (tertiary/aromatic N) is 2. The fourth-order valence-corrected chi connectivity index (χ4v) is 2.12. The minimum Gasteiger partial charge on any atom is -0.368 e. The smallest absolute Gasteiger partial charge is 0.221 e. The molecule has 0 aliphatic rings. The van der Waals surface area contributed by atoms with Gasteiger partial charge in [0.1, 0.15) is 5.15 Å². The van der Waals surface area contributed by atoms with E-state index >= 15 is 0 Å². The standard InChI is InChI=1S/C14H10ClN3/c15-13-8-12(17-14(16)18-13)11-6-5-9-3-1-2-4-10(9)7-11/h1-8H,(H2,16,17,18). The van der Waals surface area contributed by atoms with Crippen molar-refractivity contribution in [1.29, 1.82) is 0 Å². The van der Waals surface area contributed by atoms with E-state index in [1.54, 1.807) is 6.07 Å². The second-order valence-electron chi connectivity index (χ2n) is 4.00. The van der Waals surface area contributed by atoms with Crippen molar-refractivity contribution >= 4 is 28.3 Å². The molecule has 0 bridgehead atoms. The minimum absolute atomic E-state index is 0.186. The summed E-state index contributed by atoms with van der Waals surface area (Å²) in [6, 6.07) is 16.0. The average molecular weight is 256 g/mol. The highest BCUT2D eigenvalue weighted by Crippen LogP contribution is 2.24.